The van der Waals surface area contributed by atoms with Gasteiger partial charge in [-0.25, -0.2) is 0 Å². The van der Waals surface area contributed by atoms with E-state index in [0.717, 1.165) is 54.8 Å². The zero-order valence-electron chi connectivity index (χ0n) is 20.6. The summed E-state index contributed by atoms with van der Waals surface area (Å²) in [6.07, 6.45) is 16.5. The molecule has 170 valence electrons. The number of hydrogen-bond donors (Lipinski definition) is 0. The van der Waals surface area contributed by atoms with Crippen molar-refractivity contribution in [2.24, 2.45) is 46.3 Å². The van der Waals surface area contributed by atoms with Gasteiger partial charge in [-0.05, 0) is 84.9 Å². The fraction of sp³-hybridized carbons (Fsp3) is 0.828. The van der Waals surface area contributed by atoms with Crippen LogP contribution in [0.4, 0.5) is 0 Å². The standard InChI is InChI=1S/C27H44O.C2H4/c1-18(2)7-6-8-19(3)23-11-12-24-22-10-9-20-17-21(28)13-15-26(20,4)25(22)14-16-27(23,24)5;1-2/h9,18-19,22-25H,6-8,10-17H2,1-5H3;1-2H2/t19-,22+,23-,24+,25+,26+,27-;/m1./s1. The molecule has 3 fully saturated rings. The lowest BCUT2D eigenvalue weighted by atomic mass is 9.47. The van der Waals surface area contributed by atoms with Gasteiger partial charge in [0.15, 0.2) is 0 Å². The van der Waals surface area contributed by atoms with Crippen molar-refractivity contribution in [3.8, 4) is 0 Å². The second-order valence-electron chi connectivity index (χ2n) is 12.0. The van der Waals surface area contributed by atoms with E-state index in [0.29, 0.717) is 16.6 Å². The number of fused-ring (bicyclic) bond motifs is 5. The van der Waals surface area contributed by atoms with Crippen molar-refractivity contribution < 1.29 is 4.79 Å². The normalized spacial score (nSPS) is 41.1. The molecule has 4 aliphatic rings. The molecule has 0 unspecified atom stereocenters. The molecule has 4 rings (SSSR count). The molecule has 0 radical (unpaired) electrons. The maximum atomic E-state index is 12.1. The first kappa shape index (κ1) is 23.8. The van der Waals surface area contributed by atoms with E-state index in [9.17, 15) is 4.79 Å². The van der Waals surface area contributed by atoms with Gasteiger partial charge in [0.05, 0.1) is 0 Å². The number of allylic oxidation sites excluding steroid dienone is 2. The van der Waals surface area contributed by atoms with Gasteiger partial charge in [-0.2, -0.15) is 0 Å². The summed E-state index contributed by atoms with van der Waals surface area (Å²) < 4.78 is 0. The van der Waals surface area contributed by atoms with Crippen LogP contribution in [0.2, 0.25) is 0 Å². The van der Waals surface area contributed by atoms with Gasteiger partial charge in [0, 0.05) is 12.8 Å². The highest BCUT2D eigenvalue weighted by Gasteiger charge is 2.59. The number of carbonyl (C=O) groups excluding carboxylic acids is 1. The highest BCUT2D eigenvalue weighted by atomic mass is 16.1. The summed E-state index contributed by atoms with van der Waals surface area (Å²) in [5.41, 5.74) is 2.43. The molecule has 0 aliphatic heterocycles. The van der Waals surface area contributed by atoms with Crippen molar-refractivity contribution in [1.82, 2.24) is 0 Å². The third-order valence-corrected chi connectivity index (χ3v) is 10.1. The highest BCUT2D eigenvalue weighted by molar-refractivity contribution is 5.82. The topological polar surface area (TPSA) is 17.1 Å². The maximum absolute atomic E-state index is 12.1. The predicted octanol–water partition coefficient (Wildman–Crippen LogP) is 8.40. The van der Waals surface area contributed by atoms with E-state index in [2.05, 4.69) is 53.9 Å². The van der Waals surface area contributed by atoms with Crippen LogP contribution in [0.15, 0.2) is 24.8 Å². The second kappa shape index (κ2) is 9.33. The molecule has 1 nitrogen and oxygen atoms in total. The molecule has 0 spiro atoms. The Hall–Kier alpha value is -0.850. The molecule has 0 aromatic carbocycles. The fourth-order valence-electron chi connectivity index (χ4n) is 8.50. The molecule has 0 saturated heterocycles. The lowest BCUT2D eigenvalue weighted by molar-refractivity contribution is -0.122. The van der Waals surface area contributed by atoms with Crippen LogP contribution in [0.25, 0.3) is 0 Å². The summed E-state index contributed by atoms with van der Waals surface area (Å²) in [6.45, 7) is 18.5. The summed E-state index contributed by atoms with van der Waals surface area (Å²) in [7, 11) is 0. The highest BCUT2D eigenvalue weighted by Crippen LogP contribution is 2.67. The van der Waals surface area contributed by atoms with Crippen molar-refractivity contribution >= 4 is 5.78 Å². The van der Waals surface area contributed by atoms with Crippen LogP contribution in [-0.4, -0.2) is 5.78 Å². The van der Waals surface area contributed by atoms with Crippen molar-refractivity contribution in [3.63, 3.8) is 0 Å². The van der Waals surface area contributed by atoms with Gasteiger partial charge in [0.1, 0.15) is 5.78 Å². The number of hydrogen-bond acceptors (Lipinski definition) is 1. The van der Waals surface area contributed by atoms with E-state index >= 15 is 0 Å². The van der Waals surface area contributed by atoms with Gasteiger partial charge in [-0.15, -0.1) is 13.2 Å². The smallest absolute Gasteiger partial charge is 0.136 e. The average molecular weight is 413 g/mol. The van der Waals surface area contributed by atoms with Gasteiger partial charge in [-0.1, -0.05) is 65.5 Å². The lowest BCUT2D eigenvalue weighted by Gasteiger charge is -2.58. The fourth-order valence-corrected chi connectivity index (χ4v) is 8.50. The first-order valence-corrected chi connectivity index (χ1v) is 13.0. The number of ketones is 1. The second-order valence-corrected chi connectivity index (χ2v) is 12.0. The first-order valence-electron chi connectivity index (χ1n) is 13.0. The Morgan fingerprint density at radius 1 is 1.03 bits per heavy atom. The molecule has 30 heavy (non-hydrogen) atoms. The summed E-state index contributed by atoms with van der Waals surface area (Å²) >= 11 is 0. The number of rotatable bonds is 5. The quantitative estimate of drug-likeness (QED) is 0.414. The van der Waals surface area contributed by atoms with Crippen LogP contribution in [0.1, 0.15) is 105 Å². The molecule has 7 atom stereocenters. The molecule has 0 aromatic rings. The van der Waals surface area contributed by atoms with Crippen LogP contribution in [0.3, 0.4) is 0 Å². The monoisotopic (exact) mass is 412 g/mol. The molecule has 0 N–H and O–H groups in total. The van der Waals surface area contributed by atoms with Crippen molar-refractivity contribution in [3.05, 3.63) is 24.8 Å². The van der Waals surface area contributed by atoms with Crippen LogP contribution < -0.4 is 0 Å². The Bertz CT molecular complexity index is 645. The molecule has 0 amide bonds. The Morgan fingerprint density at radius 3 is 2.47 bits per heavy atom. The van der Waals surface area contributed by atoms with Crippen LogP contribution in [-0.2, 0) is 4.79 Å². The van der Waals surface area contributed by atoms with E-state index in [1.807, 2.05) is 0 Å². The van der Waals surface area contributed by atoms with E-state index in [1.54, 1.807) is 0 Å². The lowest BCUT2D eigenvalue weighted by Crippen LogP contribution is -2.50. The SMILES string of the molecule is C=C.CC(C)CCC[C@@H](C)[C@H]1CC[C@H]2[C@@H]3CC=C4CC(=O)CC[C@]4(C)[C@H]3CC[C@]12C. The average Bonchev–Trinajstić information content (AvgIpc) is 3.07. The Balaban J connectivity index is 0.00000124. The molecular weight excluding hydrogens is 364 g/mol. The summed E-state index contributed by atoms with van der Waals surface area (Å²) in [5, 5.41) is 0. The van der Waals surface area contributed by atoms with E-state index in [-0.39, 0.29) is 0 Å². The number of carbonyl (C=O) groups is 1. The minimum absolute atomic E-state index is 0.332. The minimum atomic E-state index is 0.332. The molecule has 4 aliphatic carbocycles. The zero-order chi connectivity index (χ0) is 22.1. The Labute approximate surface area is 187 Å². The van der Waals surface area contributed by atoms with E-state index in [1.165, 1.54) is 56.9 Å². The van der Waals surface area contributed by atoms with Crippen LogP contribution >= 0.6 is 0 Å². The van der Waals surface area contributed by atoms with Crippen LogP contribution in [0, 0.1) is 46.3 Å². The molecule has 3 saturated carbocycles. The van der Waals surface area contributed by atoms with E-state index < -0.39 is 0 Å². The third-order valence-electron chi connectivity index (χ3n) is 10.1. The van der Waals surface area contributed by atoms with E-state index in [4.69, 9.17) is 0 Å². The summed E-state index contributed by atoms with van der Waals surface area (Å²) in [4.78, 5) is 12.1. The molecule has 1 heteroatoms. The third kappa shape index (κ3) is 4.12. The van der Waals surface area contributed by atoms with Crippen molar-refractivity contribution in [2.45, 2.75) is 105 Å². The minimum Gasteiger partial charge on any atom is -0.299 e. The van der Waals surface area contributed by atoms with Gasteiger partial charge in [0.2, 0.25) is 0 Å². The van der Waals surface area contributed by atoms with Gasteiger partial charge >= 0.3 is 0 Å². The first-order chi connectivity index (χ1) is 14.3. The summed E-state index contributed by atoms with van der Waals surface area (Å²) in [6, 6.07) is 0. The Kier molecular flexibility index (Phi) is 7.41. The van der Waals surface area contributed by atoms with Gasteiger partial charge in [-0.3, -0.25) is 4.79 Å². The molecule has 0 aromatic heterocycles. The predicted molar refractivity (Wildman–Crippen MR) is 129 cm³/mol. The maximum Gasteiger partial charge on any atom is 0.136 e. The Morgan fingerprint density at radius 2 is 1.77 bits per heavy atom. The largest absolute Gasteiger partial charge is 0.299 e. The number of Topliss-reactive ketones (excluding diaryl/α,β-unsaturated/α-hetero) is 1. The van der Waals surface area contributed by atoms with Crippen molar-refractivity contribution in [1.29, 1.82) is 0 Å². The summed E-state index contributed by atoms with van der Waals surface area (Å²) in [5.74, 6) is 5.82. The van der Waals surface area contributed by atoms with Crippen LogP contribution in [0.5, 0.6) is 0 Å². The molecule has 0 heterocycles. The molecular formula is C29H48O. The van der Waals surface area contributed by atoms with Gasteiger partial charge < -0.3 is 0 Å². The van der Waals surface area contributed by atoms with Crippen molar-refractivity contribution in [2.75, 3.05) is 0 Å². The molecule has 0 bridgehead atoms. The zero-order valence-corrected chi connectivity index (χ0v) is 20.6. The van der Waals surface area contributed by atoms with Gasteiger partial charge in [0.25, 0.3) is 0 Å².